The summed E-state index contributed by atoms with van der Waals surface area (Å²) in [6.45, 7) is 8.39. The average molecular weight is 387 g/mol. The number of nitrogens with one attached hydrogen (secondary N) is 1. The zero-order valence-corrected chi connectivity index (χ0v) is 16.3. The quantitative estimate of drug-likeness (QED) is 0.635. The highest BCUT2D eigenvalue weighted by atomic mass is 16.6. The molecule has 1 aliphatic heterocycles. The largest absolute Gasteiger partial charge is 0.444 e. The zero-order valence-electron chi connectivity index (χ0n) is 16.3. The number of carbonyl (C=O) groups excluding carboxylic acids is 1. The molecular formula is C19H25N5O4. The summed E-state index contributed by atoms with van der Waals surface area (Å²) in [4.78, 5) is 31.1. The topological polar surface area (TPSA) is 101 Å². The molecule has 1 amide bonds. The fourth-order valence-corrected chi connectivity index (χ4v) is 3.06. The van der Waals surface area contributed by atoms with Gasteiger partial charge in [-0.2, -0.15) is 0 Å². The number of hydrogen-bond donors (Lipinski definition) is 1. The number of benzene rings is 1. The SMILES string of the molecule is CC(C)(C)OC(=O)N1CCN(CNc2c([N+](=O)[O-])cnc3ccccc23)CC1. The highest BCUT2D eigenvalue weighted by Gasteiger charge is 2.26. The number of aromatic nitrogens is 1. The lowest BCUT2D eigenvalue weighted by molar-refractivity contribution is -0.384. The molecule has 0 unspecified atom stereocenters. The number of pyridine rings is 1. The number of anilines is 1. The number of nitrogens with zero attached hydrogens (tertiary/aromatic N) is 4. The first-order valence-corrected chi connectivity index (χ1v) is 9.21. The van der Waals surface area contributed by atoms with Crippen LogP contribution < -0.4 is 5.32 Å². The van der Waals surface area contributed by atoms with E-state index in [2.05, 4.69) is 15.2 Å². The fourth-order valence-electron chi connectivity index (χ4n) is 3.06. The van der Waals surface area contributed by atoms with Crippen LogP contribution in [0.15, 0.2) is 30.5 Å². The molecule has 0 saturated carbocycles. The highest BCUT2D eigenvalue weighted by molar-refractivity contribution is 5.95. The maximum Gasteiger partial charge on any atom is 0.410 e. The number of amides is 1. The Bertz CT molecular complexity index is 872. The van der Waals surface area contributed by atoms with Crippen LogP contribution in [0.1, 0.15) is 20.8 Å². The molecule has 1 aliphatic rings. The molecular weight excluding hydrogens is 362 g/mol. The molecule has 1 aromatic heterocycles. The van der Waals surface area contributed by atoms with Crippen LogP contribution in [-0.4, -0.2) is 64.2 Å². The van der Waals surface area contributed by atoms with Crippen LogP contribution in [-0.2, 0) is 4.74 Å². The molecule has 0 spiro atoms. The van der Waals surface area contributed by atoms with Gasteiger partial charge in [-0.3, -0.25) is 15.0 Å². The number of para-hydroxylation sites is 1. The third kappa shape index (κ3) is 4.66. The van der Waals surface area contributed by atoms with Crippen LogP contribution in [0, 0.1) is 10.1 Å². The average Bonchev–Trinajstić information content (AvgIpc) is 2.64. The molecule has 9 nitrogen and oxygen atoms in total. The zero-order chi connectivity index (χ0) is 20.3. The summed E-state index contributed by atoms with van der Waals surface area (Å²) in [6, 6.07) is 7.32. The van der Waals surface area contributed by atoms with E-state index in [4.69, 9.17) is 4.74 Å². The van der Waals surface area contributed by atoms with E-state index in [1.54, 1.807) is 4.90 Å². The summed E-state index contributed by atoms with van der Waals surface area (Å²) in [5.41, 5.74) is 0.596. The Balaban J connectivity index is 1.64. The van der Waals surface area contributed by atoms with Crippen LogP contribution in [0.4, 0.5) is 16.2 Å². The normalized spacial score (nSPS) is 15.5. The van der Waals surface area contributed by atoms with Crippen molar-refractivity contribution < 1.29 is 14.5 Å². The molecule has 2 aromatic rings. The number of hydrogen-bond acceptors (Lipinski definition) is 7. The van der Waals surface area contributed by atoms with Crippen LogP contribution in [0.5, 0.6) is 0 Å². The molecule has 28 heavy (non-hydrogen) atoms. The van der Waals surface area contributed by atoms with E-state index in [9.17, 15) is 14.9 Å². The predicted octanol–water partition coefficient (Wildman–Crippen LogP) is 3.07. The minimum Gasteiger partial charge on any atom is -0.444 e. The van der Waals surface area contributed by atoms with E-state index in [-0.39, 0.29) is 11.8 Å². The van der Waals surface area contributed by atoms with Gasteiger partial charge in [-0.25, -0.2) is 9.78 Å². The molecule has 1 saturated heterocycles. The van der Waals surface area contributed by atoms with Gasteiger partial charge in [0.15, 0.2) is 0 Å². The van der Waals surface area contributed by atoms with Gasteiger partial charge in [0.25, 0.3) is 0 Å². The van der Waals surface area contributed by atoms with Gasteiger partial charge in [-0.05, 0) is 26.8 Å². The monoisotopic (exact) mass is 387 g/mol. The molecule has 0 aliphatic carbocycles. The number of fused-ring (bicyclic) bond motifs is 1. The van der Waals surface area contributed by atoms with E-state index >= 15 is 0 Å². The Hall–Kier alpha value is -2.94. The van der Waals surface area contributed by atoms with Crippen molar-refractivity contribution in [1.82, 2.24) is 14.8 Å². The summed E-state index contributed by atoms with van der Waals surface area (Å²) in [5, 5.41) is 15.3. The maximum absolute atomic E-state index is 12.2. The van der Waals surface area contributed by atoms with Crippen LogP contribution in [0.3, 0.4) is 0 Å². The molecule has 1 fully saturated rings. The Morgan fingerprint density at radius 3 is 2.57 bits per heavy atom. The minimum absolute atomic E-state index is 0.0499. The molecule has 9 heteroatoms. The summed E-state index contributed by atoms with van der Waals surface area (Å²) in [6.07, 6.45) is 0.973. The van der Waals surface area contributed by atoms with Crippen molar-refractivity contribution in [2.45, 2.75) is 26.4 Å². The lowest BCUT2D eigenvalue weighted by Gasteiger charge is -2.35. The summed E-state index contributed by atoms with van der Waals surface area (Å²) >= 11 is 0. The lowest BCUT2D eigenvalue weighted by atomic mass is 10.1. The smallest absolute Gasteiger partial charge is 0.410 e. The van der Waals surface area contributed by atoms with Crippen LogP contribution in [0.2, 0.25) is 0 Å². The predicted molar refractivity (Wildman–Crippen MR) is 106 cm³/mol. The number of ether oxygens (including phenoxy) is 1. The van der Waals surface area contributed by atoms with Crippen LogP contribution in [0.25, 0.3) is 10.9 Å². The van der Waals surface area contributed by atoms with Crippen molar-refractivity contribution in [2.24, 2.45) is 0 Å². The van der Waals surface area contributed by atoms with E-state index in [0.717, 1.165) is 0 Å². The van der Waals surface area contributed by atoms with Gasteiger partial charge < -0.3 is 15.0 Å². The van der Waals surface area contributed by atoms with Crippen molar-refractivity contribution in [1.29, 1.82) is 0 Å². The summed E-state index contributed by atoms with van der Waals surface area (Å²) in [7, 11) is 0. The fraction of sp³-hybridized carbons (Fsp3) is 0.474. The maximum atomic E-state index is 12.2. The van der Waals surface area contributed by atoms with Gasteiger partial charge in [0.1, 0.15) is 17.5 Å². The van der Waals surface area contributed by atoms with Crippen molar-refractivity contribution in [3.63, 3.8) is 0 Å². The molecule has 0 bridgehead atoms. The van der Waals surface area contributed by atoms with E-state index < -0.39 is 10.5 Å². The number of carbonyl (C=O) groups is 1. The Morgan fingerprint density at radius 1 is 1.25 bits per heavy atom. The molecule has 3 rings (SSSR count). The lowest BCUT2D eigenvalue weighted by Crippen LogP contribution is -2.51. The third-order valence-electron chi connectivity index (χ3n) is 4.46. The summed E-state index contributed by atoms with van der Waals surface area (Å²) in [5.74, 6) is 0. The van der Waals surface area contributed by atoms with Crippen molar-refractivity contribution in [3.05, 3.63) is 40.6 Å². The molecule has 0 atom stereocenters. The summed E-state index contributed by atoms with van der Waals surface area (Å²) < 4.78 is 5.40. The van der Waals surface area contributed by atoms with Crippen molar-refractivity contribution in [2.75, 3.05) is 38.2 Å². The first kappa shape index (κ1) is 19.8. The highest BCUT2D eigenvalue weighted by Crippen LogP contribution is 2.31. The van der Waals surface area contributed by atoms with Gasteiger partial charge in [0.2, 0.25) is 0 Å². The Labute approximate surface area is 163 Å². The second kappa shape index (κ2) is 7.97. The van der Waals surface area contributed by atoms with E-state index in [1.165, 1.54) is 6.20 Å². The molecule has 2 heterocycles. The molecule has 0 radical (unpaired) electrons. The molecule has 1 N–H and O–H groups in total. The Kier molecular flexibility index (Phi) is 5.64. The number of nitro groups is 1. The van der Waals surface area contributed by atoms with Gasteiger partial charge in [0.05, 0.1) is 17.1 Å². The van der Waals surface area contributed by atoms with Gasteiger partial charge in [0, 0.05) is 31.6 Å². The van der Waals surface area contributed by atoms with Gasteiger partial charge in [-0.15, -0.1) is 0 Å². The van der Waals surface area contributed by atoms with E-state index in [0.29, 0.717) is 49.4 Å². The van der Waals surface area contributed by atoms with Crippen LogP contribution >= 0.6 is 0 Å². The first-order valence-electron chi connectivity index (χ1n) is 9.21. The second-order valence-corrected chi connectivity index (χ2v) is 7.71. The standard InChI is InChI=1S/C19H25N5O4/c1-19(2,3)28-18(25)23-10-8-22(9-11-23)13-21-17-14-6-4-5-7-15(14)20-12-16(17)24(26)27/h4-7,12H,8-11,13H2,1-3H3,(H,20,21). The second-order valence-electron chi connectivity index (χ2n) is 7.71. The minimum atomic E-state index is -0.517. The number of piperazine rings is 1. The van der Waals surface area contributed by atoms with Gasteiger partial charge >= 0.3 is 11.8 Å². The van der Waals surface area contributed by atoms with Gasteiger partial charge in [-0.1, -0.05) is 18.2 Å². The molecule has 150 valence electrons. The van der Waals surface area contributed by atoms with Crippen molar-refractivity contribution >= 4 is 28.4 Å². The Morgan fingerprint density at radius 2 is 1.93 bits per heavy atom. The number of rotatable bonds is 4. The van der Waals surface area contributed by atoms with E-state index in [1.807, 2.05) is 45.0 Å². The molecule has 1 aromatic carbocycles. The first-order chi connectivity index (χ1) is 13.2. The van der Waals surface area contributed by atoms with Crippen molar-refractivity contribution in [3.8, 4) is 0 Å². The third-order valence-corrected chi connectivity index (χ3v) is 4.46.